The summed E-state index contributed by atoms with van der Waals surface area (Å²) >= 11 is 5.79. The lowest BCUT2D eigenvalue weighted by molar-refractivity contribution is 0.251. The number of anilines is 1. The van der Waals surface area contributed by atoms with Gasteiger partial charge in [0.25, 0.3) is 0 Å². The van der Waals surface area contributed by atoms with Gasteiger partial charge < -0.3 is 5.32 Å². The number of amides is 1. The topological polar surface area (TPSA) is 46.9 Å². The third kappa shape index (κ3) is 3.83. The molecule has 0 bridgehead atoms. The summed E-state index contributed by atoms with van der Waals surface area (Å²) in [6.45, 7) is 2.13. The van der Waals surface area contributed by atoms with Crippen LogP contribution in [0.2, 0.25) is 5.02 Å². The normalized spacial score (nSPS) is 10.4. The number of hydrogen-bond donors (Lipinski definition) is 1. The van der Waals surface area contributed by atoms with Gasteiger partial charge in [0.15, 0.2) is 0 Å². The lowest BCUT2D eigenvalue weighted by Gasteiger charge is -2.04. The molecule has 0 unspecified atom stereocenters. The fraction of sp³-hybridized carbons (Fsp3) is 0.286. The lowest BCUT2D eigenvalue weighted by atomic mass is 10.2. The molecule has 19 heavy (non-hydrogen) atoms. The number of rotatable bonds is 4. The third-order valence-electron chi connectivity index (χ3n) is 2.73. The van der Waals surface area contributed by atoms with Gasteiger partial charge in [-0.15, -0.1) is 0 Å². The molecule has 1 aromatic heterocycles. The van der Waals surface area contributed by atoms with Crippen molar-refractivity contribution in [2.75, 3.05) is 5.32 Å². The number of carbonyl (C=O) groups is 1. The zero-order valence-corrected chi connectivity index (χ0v) is 11.5. The molecule has 0 aliphatic carbocycles. The molecular weight excluding hydrogens is 262 g/mol. The van der Waals surface area contributed by atoms with Crippen LogP contribution in [0, 0.1) is 0 Å². The highest BCUT2D eigenvalue weighted by Crippen LogP contribution is 2.13. The van der Waals surface area contributed by atoms with Gasteiger partial charge in [-0.25, -0.2) is 4.79 Å². The molecule has 0 fully saturated rings. The summed E-state index contributed by atoms with van der Waals surface area (Å²) in [6.07, 6.45) is 4.77. The number of nitrogens with one attached hydrogen (secondary N) is 1. The van der Waals surface area contributed by atoms with Crippen molar-refractivity contribution >= 4 is 23.3 Å². The minimum absolute atomic E-state index is 0.273. The van der Waals surface area contributed by atoms with E-state index < -0.39 is 0 Å². The van der Waals surface area contributed by atoms with Crippen LogP contribution in [0.1, 0.15) is 25.5 Å². The summed E-state index contributed by atoms with van der Waals surface area (Å²) in [7, 11) is 0. The summed E-state index contributed by atoms with van der Waals surface area (Å²) in [6, 6.07) is 8.56. The molecule has 1 heterocycles. The van der Waals surface area contributed by atoms with Gasteiger partial charge in [0, 0.05) is 16.9 Å². The summed E-state index contributed by atoms with van der Waals surface area (Å²) in [5.74, 6) is 0. The maximum Gasteiger partial charge on any atom is 0.346 e. The molecule has 2 rings (SSSR count). The number of nitrogens with zero attached hydrogens (tertiary/aromatic N) is 2. The standard InChI is InChI=1S/C14H16ClN3O/c1-2-3-4-13-9-10-18(17-13)14(19)16-12-7-5-11(15)6-8-12/h5-10H,2-4H2,1H3,(H,16,19). The van der Waals surface area contributed by atoms with Crippen LogP contribution in [0.3, 0.4) is 0 Å². The number of carbonyl (C=O) groups excluding carboxylic acids is 1. The fourth-order valence-electron chi connectivity index (χ4n) is 1.68. The SMILES string of the molecule is CCCCc1ccn(C(=O)Nc2ccc(Cl)cc2)n1. The number of unbranched alkanes of at least 4 members (excludes halogenated alkanes) is 1. The van der Waals surface area contributed by atoms with Crippen molar-refractivity contribution in [2.45, 2.75) is 26.2 Å². The second-order valence-corrected chi connectivity index (χ2v) is 4.73. The van der Waals surface area contributed by atoms with Gasteiger partial charge in [-0.1, -0.05) is 24.9 Å². The van der Waals surface area contributed by atoms with E-state index in [0.29, 0.717) is 10.7 Å². The van der Waals surface area contributed by atoms with E-state index in [9.17, 15) is 4.79 Å². The van der Waals surface area contributed by atoms with E-state index in [4.69, 9.17) is 11.6 Å². The first-order valence-electron chi connectivity index (χ1n) is 6.30. The predicted molar refractivity (Wildman–Crippen MR) is 76.7 cm³/mol. The molecule has 0 aliphatic heterocycles. The van der Waals surface area contributed by atoms with E-state index in [1.165, 1.54) is 4.68 Å². The zero-order chi connectivity index (χ0) is 13.7. The molecule has 100 valence electrons. The van der Waals surface area contributed by atoms with Gasteiger partial charge >= 0.3 is 6.03 Å². The number of aryl methyl sites for hydroxylation is 1. The number of benzene rings is 1. The first-order chi connectivity index (χ1) is 9.19. The highest BCUT2D eigenvalue weighted by atomic mass is 35.5. The molecule has 1 N–H and O–H groups in total. The molecule has 4 nitrogen and oxygen atoms in total. The van der Waals surface area contributed by atoms with Crippen molar-refractivity contribution in [3.8, 4) is 0 Å². The summed E-state index contributed by atoms with van der Waals surface area (Å²) in [4.78, 5) is 11.9. The van der Waals surface area contributed by atoms with E-state index in [1.54, 1.807) is 30.5 Å². The molecule has 0 saturated carbocycles. The second-order valence-electron chi connectivity index (χ2n) is 4.29. The molecule has 0 atom stereocenters. The average molecular weight is 278 g/mol. The molecule has 0 spiro atoms. The molecule has 2 aromatic rings. The highest BCUT2D eigenvalue weighted by molar-refractivity contribution is 6.30. The average Bonchev–Trinajstić information content (AvgIpc) is 2.88. The van der Waals surface area contributed by atoms with Crippen LogP contribution in [-0.4, -0.2) is 15.8 Å². The van der Waals surface area contributed by atoms with E-state index in [0.717, 1.165) is 25.0 Å². The Morgan fingerprint density at radius 3 is 2.74 bits per heavy atom. The van der Waals surface area contributed by atoms with Crippen LogP contribution < -0.4 is 5.32 Å². The van der Waals surface area contributed by atoms with Gasteiger partial charge in [0.2, 0.25) is 0 Å². The Morgan fingerprint density at radius 1 is 1.32 bits per heavy atom. The molecule has 5 heteroatoms. The van der Waals surface area contributed by atoms with Crippen LogP contribution in [0.25, 0.3) is 0 Å². The predicted octanol–water partition coefficient (Wildman–Crippen LogP) is 3.96. The van der Waals surface area contributed by atoms with Crippen LogP contribution in [0.15, 0.2) is 36.5 Å². The van der Waals surface area contributed by atoms with Gasteiger partial charge in [-0.3, -0.25) is 0 Å². The van der Waals surface area contributed by atoms with Crippen molar-refractivity contribution in [2.24, 2.45) is 0 Å². The van der Waals surface area contributed by atoms with Gasteiger partial charge in [0.1, 0.15) is 0 Å². The number of hydrogen-bond acceptors (Lipinski definition) is 2. The lowest BCUT2D eigenvalue weighted by Crippen LogP contribution is -2.20. The molecule has 0 aliphatic rings. The quantitative estimate of drug-likeness (QED) is 0.919. The maximum atomic E-state index is 11.9. The minimum atomic E-state index is -0.273. The highest BCUT2D eigenvalue weighted by Gasteiger charge is 2.07. The van der Waals surface area contributed by atoms with E-state index in [1.807, 2.05) is 6.07 Å². The van der Waals surface area contributed by atoms with Gasteiger partial charge in [-0.2, -0.15) is 9.78 Å². The van der Waals surface area contributed by atoms with Crippen molar-refractivity contribution in [3.05, 3.63) is 47.2 Å². The molecule has 0 radical (unpaired) electrons. The second kappa shape index (κ2) is 6.38. The Balaban J connectivity index is 1.99. The number of aromatic nitrogens is 2. The van der Waals surface area contributed by atoms with Crippen molar-refractivity contribution in [3.63, 3.8) is 0 Å². The summed E-state index contributed by atoms with van der Waals surface area (Å²) in [5.41, 5.74) is 1.63. The van der Waals surface area contributed by atoms with Crippen LogP contribution in [-0.2, 0) is 6.42 Å². The Kier molecular flexibility index (Phi) is 4.58. The van der Waals surface area contributed by atoms with Crippen LogP contribution >= 0.6 is 11.6 Å². The summed E-state index contributed by atoms with van der Waals surface area (Å²) in [5, 5.41) is 7.64. The molecule has 0 saturated heterocycles. The molecular formula is C14H16ClN3O. The van der Waals surface area contributed by atoms with Gasteiger partial charge in [-0.05, 0) is 43.2 Å². The molecule has 1 aromatic carbocycles. The van der Waals surface area contributed by atoms with E-state index in [2.05, 4.69) is 17.3 Å². The smallest absolute Gasteiger partial charge is 0.306 e. The third-order valence-corrected chi connectivity index (χ3v) is 2.99. The van der Waals surface area contributed by atoms with Crippen LogP contribution in [0.4, 0.5) is 10.5 Å². The van der Waals surface area contributed by atoms with Crippen molar-refractivity contribution < 1.29 is 4.79 Å². The van der Waals surface area contributed by atoms with Crippen LogP contribution in [0.5, 0.6) is 0 Å². The minimum Gasteiger partial charge on any atom is -0.306 e. The van der Waals surface area contributed by atoms with Crippen molar-refractivity contribution in [1.82, 2.24) is 9.78 Å². The zero-order valence-electron chi connectivity index (χ0n) is 10.8. The van der Waals surface area contributed by atoms with E-state index >= 15 is 0 Å². The largest absolute Gasteiger partial charge is 0.346 e. The Hall–Kier alpha value is -1.81. The molecule has 1 amide bonds. The maximum absolute atomic E-state index is 11.9. The van der Waals surface area contributed by atoms with Crippen molar-refractivity contribution in [1.29, 1.82) is 0 Å². The Bertz CT molecular complexity index is 548. The first kappa shape index (κ1) is 13.6. The first-order valence-corrected chi connectivity index (χ1v) is 6.68. The monoisotopic (exact) mass is 277 g/mol. The number of halogens is 1. The Morgan fingerprint density at radius 2 is 2.05 bits per heavy atom. The van der Waals surface area contributed by atoms with Gasteiger partial charge in [0.05, 0.1) is 5.69 Å². The summed E-state index contributed by atoms with van der Waals surface area (Å²) < 4.78 is 1.32. The Labute approximate surface area is 117 Å². The van der Waals surface area contributed by atoms with E-state index in [-0.39, 0.29) is 6.03 Å². The fourth-order valence-corrected chi connectivity index (χ4v) is 1.81.